The summed E-state index contributed by atoms with van der Waals surface area (Å²) in [5, 5.41) is 3.51. The van der Waals surface area contributed by atoms with Gasteiger partial charge in [0.15, 0.2) is 6.54 Å². The van der Waals surface area contributed by atoms with Gasteiger partial charge in [0.25, 0.3) is 5.91 Å². The predicted molar refractivity (Wildman–Crippen MR) is 82.6 cm³/mol. The molecule has 0 atom stereocenters. The van der Waals surface area contributed by atoms with Gasteiger partial charge in [0.05, 0.1) is 26.2 Å². The van der Waals surface area contributed by atoms with Crippen LogP contribution in [0.15, 0.2) is 18.2 Å². The SMILES string of the molecule is CC(=O)N1CC[NH+](CC(=O)Nc2ccc(C)c(Cl)c2)CC1. The fourth-order valence-electron chi connectivity index (χ4n) is 2.42. The Morgan fingerprint density at radius 1 is 1.33 bits per heavy atom. The highest BCUT2D eigenvalue weighted by Gasteiger charge is 2.23. The van der Waals surface area contributed by atoms with Gasteiger partial charge in [0.2, 0.25) is 5.91 Å². The molecule has 5 nitrogen and oxygen atoms in total. The summed E-state index contributed by atoms with van der Waals surface area (Å²) in [4.78, 5) is 26.3. The van der Waals surface area contributed by atoms with Crippen LogP contribution in [0.2, 0.25) is 5.02 Å². The molecule has 0 bridgehead atoms. The van der Waals surface area contributed by atoms with Gasteiger partial charge in [-0.2, -0.15) is 0 Å². The molecule has 0 aliphatic carbocycles. The average Bonchev–Trinajstić information content (AvgIpc) is 2.43. The van der Waals surface area contributed by atoms with E-state index >= 15 is 0 Å². The number of hydrogen-bond acceptors (Lipinski definition) is 2. The van der Waals surface area contributed by atoms with Gasteiger partial charge in [-0.1, -0.05) is 17.7 Å². The monoisotopic (exact) mass is 310 g/mol. The number of nitrogens with zero attached hydrogens (tertiary/aromatic N) is 1. The summed E-state index contributed by atoms with van der Waals surface area (Å²) in [6.45, 7) is 6.97. The number of halogens is 1. The highest BCUT2D eigenvalue weighted by atomic mass is 35.5. The smallest absolute Gasteiger partial charge is 0.279 e. The Morgan fingerprint density at radius 2 is 2.00 bits per heavy atom. The third kappa shape index (κ3) is 4.44. The Kier molecular flexibility index (Phi) is 5.20. The Hall–Kier alpha value is -1.59. The third-order valence-electron chi connectivity index (χ3n) is 3.78. The third-order valence-corrected chi connectivity index (χ3v) is 4.19. The summed E-state index contributed by atoms with van der Waals surface area (Å²) in [5.74, 6) is 0.0778. The van der Waals surface area contributed by atoms with Crippen LogP contribution in [0.5, 0.6) is 0 Å². The maximum atomic E-state index is 12.0. The van der Waals surface area contributed by atoms with Crippen molar-refractivity contribution in [2.75, 3.05) is 38.0 Å². The minimum atomic E-state index is -0.0267. The number of anilines is 1. The lowest BCUT2D eigenvalue weighted by atomic mass is 10.2. The summed E-state index contributed by atoms with van der Waals surface area (Å²) < 4.78 is 0. The van der Waals surface area contributed by atoms with Gasteiger partial charge < -0.3 is 15.1 Å². The van der Waals surface area contributed by atoms with Crippen molar-refractivity contribution in [3.05, 3.63) is 28.8 Å². The highest BCUT2D eigenvalue weighted by molar-refractivity contribution is 6.31. The van der Waals surface area contributed by atoms with E-state index in [1.807, 2.05) is 24.0 Å². The number of rotatable bonds is 3. The Balaban J connectivity index is 1.82. The number of aryl methyl sites for hydroxylation is 1. The molecular weight excluding hydrogens is 290 g/mol. The minimum Gasteiger partial charge on any atom is -0.332 e. The zero-order chi connectivity index (χ0) is 15.4. The van der Waals surface area contributed by atoms with Gasteiger partial charge in [-0.3, -0.25) is 9.59 Å². The molecule has 114 valence electrons. The molecule has 21 heavy (non-hydrogen) atoms. The molecule has 0 aromatic heterocycles. The summed E-state index contributed by atoms with van der Waals surface area (Å²) in [6, 6.07) is 5.50. The average molecular weight is 311 g/mol. The van der Waals surface area contributed by atoms with Crippen LogP contribution in [0, 0.1) is 6.92 Å². The number of carbonyl (C=O) groups excluding carboxylic acids is 2. The Morgan fingerprint density at radius 3 is 2.57 bits per heavy atom. The number of piperazine rings is 1. The van der Waals surface area contributed by atoms with Crippen LogP contribution in [0.1, 0.15) is 12.5 Å². The Bertz CT molecular complexity index is 540. The maximum Gasteiger partial charge on any atom is 0.279 e. The van der Waals surface area contributed by atoms with Gasteiger partial charge in [-0.25, -0.2) is 0 Å². The molecule has 1 aliphatic rings. The molecule has 0 radical (unpaired) electrons. The van der Waals surface area contributed by atoms with Crippen LogP contribution >= 0.6 is 11.6 Å². The van der Waals surface area contributed by atoms with Crippen molar-refractivity contribution < 1.29 is 14.5 Å². The lowest BCUT2D eigenvalue weighted by molar-refractivity contribution is -0.895. The van der Waals surface area contributed by atoms with Crippen molar-refractivity contribution in [3.63, 3.8) is 0 Å². The fraction of sp³-hybridized carbons (Fsp3) is 0.467. The van der Waals surface area contributed by atoms with E-state index in [2.05, 4.69) is 5.32 Å². The summed E-state index contributed by atoms with van der Waals surface area (Å²) in [6.07, 6.45) is 0. The van der Waals surface area contributed by atoms with Crippen molar-refractivity contribution in [2.24, 2.45) is 0 Å². The van der Waals surface area contributed by atoms with Gasteiger partial charge in [-0.15, -0.1) is 0 Å². The number of benzene rings is 1. The molecule has 6 heteroatoms. The second-order valence-electron chi connectivity index (χ2n) is 5.44. The van der Waals surface area contributed by atoms with Crippen LogP contribution in [0.25, 0.3) is 0 Å². The van der Waals surface area contributed by atoms with Crippen molar-refractivity contribution in [1.82, 2.24) is 4.90 Å². The molecule has 1 fully saturated rings. The van der Waals surface area contributed by atoms with E-state index in [1.165, 1.54) is 4.90 Å². The highest BCUT2D eigenvalue weighted by Crippen LogP contribution is 2.19. The first kappa shape index (κ1) is 15.8. The lowest BCUT2D eigenvalue weighted by Crippen LogP contribution is -3.15. The summed E-state index contributed by atoms with van der Waals surface area (Å²) in [5.41, 5.74) is 1.71. The molecule has 2 amide bonds. The molecule has 0 saturated carbocycles. The second-order valence-corrected chi connectivity index (χ2v) is 5.85. The maximum absolute atomic E-state index is 12.0. The number of amides is 2. The van der Waals surface area contributed by atoms with Gasteiger partial charge in [0.1, 0.15) is 0 Å². The zero-order valence-corrected chi connectivity index (χ0v) is 13.2. The van der Waals surface area contributed by atoms with Crippen LogP contribution in [0.4, 0.5) is 5.69 Å². The fourth-order valence-corrected chi connectivity index (χ4v) is 2.60. The van der Waals surface area contributed by atoms with Crippen LogP contribution < -0.4 is 10.2 Å². The lowest BCUT2D eigenvalue weighted by Gasteiger charge is -2.31. The number of hydrogen-bond donors (Lipinski definition) is 2. The van der Waals surface area contributed by atoms with E-state index in [4.69, 9.17) is 11.6 Å². The number of quaternary nitrogens is 1. The largest absolute Gasteiger partial charge is 0.332 e. The van der Waals surface area contributed by atoms with Gasteiger partial charge in [-0.05, 0) is 24.6 Å². The van der Waals surface area contributed by atoms with Crippen molar-refractivity contribution in [2.45, 2.75) is 13.8 Å². The number of carbonyl (C=O) groups is 2. The second kappa shape index (κ2) is 6.91. The van der Waals surface area contributed by atoms with Crippen molar-refractivity contribution in [3.8, 4) is 0 Å². The zero-order valence-electron chi connectivity index (χ0n) is 12.4. The molecule has 0 unspecified atom stereocenters. The molecule has 0 spiro atoms. The molecule has 1 saturated heterocycles. The normalized spacial score (nSPS) is 15.9. The van der Waals surface area contributed by atoms with Crippen LogP contribution in [-0.2, 0) is 9.59 Å². The Labute approximate surface area is 129 Å². The van der Waals surface area contributed by atoms with E-state index in [0.29, 0.717) is 24.7 Å². The van der Waals surface area contributed by atoms with Crippen LogP contribution in [-0.4, -0.2) is 49.4 Å². The quantitative estimate of drug-likeness (QED) is 0.845. The minimum absolute atomic E-state index is 0.0267. The molecule has 1 aromatic carbocycles. The topological polar surface area (TPSA) is 53.9 Å². The number of nitrogens with one attached hydrogen (secondary N) is 2. The molecule has 1 heterocycles. The van der Waals surface area contributed by atoms with Crippen molar-refractivity contribution >= 4 is 29.1 Å². The summed E-state index contributed by atoms with van der Waals surface area (Å²) in [7, 11) is 0. The van der Waals surface area contributed by atoms with Gasteiger partial charge in [0, 0.05) is 17.6 Å². The predicted octanol–water partition coefficient (Wildman–Crippen LogP) is 0.334. The molecule has 2 N–H and O–H groups in total. The molecule has 1 aromatic rings. The van der Waals surface area contributed by atoms with E-state index in [0.717, 1.165) is 24.3 Å². The molecule has 2 rings (SSSR count). The van der Waals surface area contributed by atoms with E-state index in [9.17, 15) is 9.59 Å². The van der Waals surface area contributed by atoms with E-state index < -0.39 is 0 Å². The van der Waals surface area contributed by atoms with E-state index in [1.54, 1.807) is 13.0 Å². The first-order chi connectivity index (χ1) is 9.95. The first-order valence-electron chi connectivity index (χ1n) is 7.11. The first-order valence-corrected chi connectivity index (χ1v) is 7.48. The molecule has 1 aliphatic heterocycles. The van der Waals surface area contributed by atoms with Gasteiger partial charge >= 0.3 is 0 Å². The van der Waals surface area contributed by atoms with Crippen molar-refractivity contribution in [1.29, 1.82) is 0 Å². The van der Waals surface area contributed by atoms with Crippen LogP contribution in [0.3, 0.4) is 0 Å². The van der Waals surface area contributed by atoms with E-state index in [-0.39, 0.29) is 11.8 Å². The molecular formula is C15H21ClN3O2+. The summed E-state index contributed by atoms with van der Waals surface area (Å²) >= 11 is 6.04. The standard InChI is InChI=1S/C15H20ClN3O2/c1-11-3-4-13(9-14(11)16)17-15(21)10-18-5-7-19(8-6-18)12(2)20/h3-4,9H,5-8,10H2,1-2H3,(H,17,21)/p+1.